The Balaban J connectivity index is 2.97. The SMILES string of the molecule is CCC(C)(C)CC(C)(C)N(C)c1cccc(C#N)c1. The van der Waals surface area contributed by atoms with Crippen molar-refractivity contribution in [3.63, 3.8) is 0 Å². The van der Waals surface area contributed by atoms with Gasteiger partial charge in [0, 0.05) is 18.3 Å². The van der Waals surface area contributed by atoms with Gasteiger partial charge in [-0.1, -0.05) is 33.3 Å². The molecule has 2 nitrogen and oxygen atoms in total. The highest BCUT2D eigenvalue weighted by Crippen LogP contribution is 2.35. The summed E-state index contributed by atoms with van der Waals surface area (Å²) >= 11 is 0. The third kappa shape index (κ3) is 3.99. The van der Waals surface area contributed by atoms with Gasteiger partial charge in [-0.25, -0.2) is 0 Å². The van der Waals surface area contributed by atoms with Crippen LogP contribution in [0.5, 0.6) is 0 Å². The van der Waals surface area contributed by atoms with E-state index >= 15 is 0 Å². The summed E-state index contributed by atoms with van der Waals surface area (Å²) in [7, 11) is 2.11. The second kappa shape index (κ2) is 5.65. The van der Waals surface area contributed by atoms with E-state index in [1.54, 1.807) is 0 Å². The molecule has 0 atom stereocenters. The fraction of sp³-hybridized carbons (Fsp3) is 0.588. The Morgan fingerprint density at radius 2 is 1.84 bits per heavy atom. The Kier molecular flexibility index (Phi) is 4.63. The number of benzene rings is 1. The first-order chi connectivity index (χ1) is 8.72. The largest absolute Gasteiger partial charge is 0.369 e. The highest BCUT2D eigenvalue weighted by Gasteiger charge is 2.31. The molecule has 0 saturated carbocycles. The van der Waals surface area contributed by atoms with Gasteiger partial charge in [-0.2, -0.15) is 5.26 Å². The Morgan fingerprint density at radius 3 is 2.37 bits per heavy atom. The summed E-state index contributed by atoms with van der Waals surface area (Å²) in [5.74, 6) is 0. The highest BCUT2D eigenvalue weighted by molar-refractivity contribution is 5.52. The van der Waals surface area contributed by atoms with Crippen LogP contribution in [0.4, 0.5) is 5.69 Å². The number of rotatable bonds is 5. The summed E-state index contributed by atoms with van der Waals surface area (Å²) in [6.45, 7) is 11.4. The molecule has 19 heavy (non-hydrogen) atoms. The zero-order chi connectivity index (χ0) is 14.7. The lowest BCUT2D eigenvalue weighted by Gasteiger charge is -2.42. The third-order valence-corrected chi connectivity index (χ3v) is 4.14. The van der Waals surface area contributed by atoms with E-state index < -0.39 is 0 Å². The van der Waals surface area contributed by atoms with Crippen molar-refractivity contribution in [2.24, 2.45) is 5.41 Å². The van der Waals surface area contributed by atoms with E-state index in [1.807, 2.05) is 18.2 Å². The number of anilines is 1. The topological polar surface area (TPSA) is 27.0 Å². The Bertz CT molecular complexity index is 466. The van der Waals surface area contributed by atoms with Crippen LogP contribution in [0, 0.1) is 16.7 Å². The van der Waals surface area contributed by atoms with Gasteiger partial charge in [0.05, 0.1) is 11.6 Å². The van der Waals surface area contributed by atoms with Crippen LogP contribution >= 0.6 is 0 Å². The predicted octanol–water partition coefficient (Wildman–Crippen LogP) is 4.60. The van der Waals surface area contributed by atoms with Crippen molar-refractivity contribution >= 4 is 5.69 Å². The fourth-order valence-corrected chi connectivity index (χ4v) is 2.55. The zero-order valence-electron chi connectivity index (χ0n) is 13.1. The van der Waals surface area contributed by atoms with Crippen molar-refractivity contribution in [2.75, 3.05) is 11.9 Å². The van der Waals surface area contributed by atoms with Crippen LogP contribution in [0.15, 0.2) is 24.3 Å². The maximum atomic E-state index is 9.00. The second-order valence-corrected chi connectivity index (χ2v) is 6.73. The molecule has 0 saturated heterocycles. The molecule has 0 radical (unpaired) electrons. The van der Waals surface area contributed by atoms with Crippen LogP contribution in [0.1, 0.15) is 53.0 Å². The molecule has 0 aliphatic heterocycles. The zero-order valence-corrected chi connectivity index (χ0v) is 13.1. The molecule has 0 amide bonds. The molecular weight excluding hydrogens is 232 g/mol. The summed E-state index contributed by atoms with van der Waals surface area (Å²) in [5.41, 5.74) is 2.21. The first-order valence-electron chi connectivity index (χ1n) is 6.96. The van der Waals surface area contributed by atoms with Crippen molar-refractivity contribution in [2.45, 2.75) is 53.0 Å². The van der Waals surface area contributed by atoms with Gasteiger partial charge >= 0.3 is 0 Å². The Labute approximate surface area is 118 Å². The predicted molar refractivity (Wildman–Crippen MR) is 82.3 cm³/mol. The lowest BCUT2D eigenvalue weighted by atomic mass is 9.77. The van der Waals surface area contributed by atoms with E-state index in [4.69, 9.17) is 5.26 Å². The molecule has 0 aromatic heterocycles. The summed E-state index contributed by atoms with van der Waals surface area (Å²) in [6, 6.07) is 10.0. The highest BCUT2D eigenvalue weighted by atomic mass is 15.2. The van der Waals surface area contributed by atoms with E-state index in [-0.39, 0.29) is 5.54 Å². The maximum Gasteiger partial charge on any atom is 0.0992 e. The molecule has 0 unspecified atom stereocenters. The molecule has 2 heteroatoms. The van der Waals surface area contributed by atoms with Crippen molar-refractivity contribution in [3.8, 4) is 6.07 Å². The van der Waals surface area contributed by atoms with Gasteiger partial charge < -0.3 is 4.90 Å². The van der Waals surface area contributed by atoms with Crippen LogP contribution in [0.3, 0.4) is 0 Å². The first-order valence-corrected chi connectivity index (χ1v) is 6.96. The lowest BCUT2D eigenvalue weighted by molar-refractivity contribution is 0.245. The molecule has 0 heterocycles. The number of hydrogen-bond donors (Lipinski definition) is 0. The summed E-state index contributed by atoms with van der Waals surface area (Å²) in [4.78, 5) is 2.28. The minimum Gasteiger partial charge on any atom is -0.369 e. The average Bonchev–Trinajstić information content (AvgIpc) is 2.36. The lowest BCUT2D eigenvalue weighted by Crippen LogP contribution is -2.44. The van der Waals surface area contributed by atoms with Crippen molar-refractivity contribution in [1.29, 1.82) is 5.26 Å². The molecule has 1 aromatic carbocycles. The Morgan fingerprint density at radius 1 is 1.21 bits per heavy atom. The van der Waals surface area contributed by atoms with E-state index in [0.717, 1.165) is 17.7 Å². The number of hydrogen-bond acceptors (Lipinski definition) is 2. The van der Waals surface area contributed by atoms with Crippen LogP contribution in [0.25, 0.3) is 0 Å². The van der Waals surface area contributed by atoms with Gasteiger partial charge in [0.1, 0.15) is 0 Å². The second-order valence-electron chi connectivity index (χ2n) is 6.73. The summed E-state index contributed by atoms with van der Waals surface area (Å²) in [5, 5.41) is 9.00. The minimum atomic E-state index is 0.0631. The fourth-order valence-electron chi connectivity index (χ4n) is 2.55. The van der Waals surface area contributed by atoms with Crippen molar-refractivity contribution < 1.29 is 0 Å². The maximum absolute atomic E-state index is 9.00. The minimum absolute atomic E-state index is 0.0631. The number of nitriles is 1. The molecule has 1 aromatic rings. The molecule has 0 aliphatic rings. The molecule has 0 bridgehead atoms. The molecule has 0 aliphatic carbocycles. The number of nitrogens with zero attached hydrogens (tertiary/aromatic N) is 2. The van der Waals surface area contributed by atoms with Crippen molar-refractivity contribution in [1.82, 2.24) is 0 Å². The van der Waals surface area contributed by atoms with Crippen LogP contribution in [0.2, 0.25) is 0 Å². The van der Waals surface area contributed by atoms with Gasteiger partial charge in [0.25, 0.3) is 0 Å². The van der Waals surface area contributed by atoms with Gasteiger partial charge in [-0.05, 0) is 43.9 Å². The molecule has 1 rings (SSSR count). The van der Waals surface area contributed by atoms with E-state index in [9.17, 15) is 0 Å². The molecule has 0 spiro atoms. The Hall–Kier alpha value is -1.49. The molecule has 104 valence electrons. The summed E-state index contributed by atoms with van der Waals surface area (Å²) in [6.07, 6.45) is 2.28. The smallest absolute Gasteiger partial charge is 0.0992 e. The quantitative estimate of drug-likeness (QED) is 0.771. The van der Waals surface area contributed by atoms with Gasteiger partial charge in [0.15, 0.2) is 0 Å². The monoisotopic (exact) mass is 258 g/mol. The van der Waals surface area contributed by atoms with Gasteiger partial charge in [-0.3, -0.25) is 0 Å². The van der Waals surface area contributed by atoms with Crippen molar-refractivity contribution in [3.05, 3.63) is 29.8 Å². The molecule has 0 fully saturated rings. The van der Waals surface area contributed by atoms with E-state index in [2.05, 4.69) is 58.7 Å². The summed E-state index contributed by atoms with van der Waals surface area (Å²) < 4.78 is 0. The van der Waals surface area contributed by atoms with E-state index in [0.29, 0.717) is 5.41 Å². The molecule has 0 N–H and O–H groups in total. The van der Waals surface area contributed by atoms with E-state index in [1.165, 1.54) is 6.42 Å². The normalized spacial score (nSPS) is 12.1. The van der Waals surface area contributed by atoms with Crippen LogP contribution in [-0.2, 0) is 0 Å². The van der Waals surface area contributed by atoms with Crippen LogP contribution in [-0.4, -0.2) is 12.6 Å². The standard InChI is InChI=1S/C17H26N2/c1-7-16(2,3)13-17(4,5)19(6)15-10-8-9-14(11-15)12-18/h8-11H,7,13H2,1-6H3. The molecular formula is C17H26N2. The first kappa shape index (κ1) is 15.6. The van der Waals surface area contributed by atoms with Crippen LogP contribution < -0.4 is 4.90 Å². The third-order valence-electron chi connectivity index (χ3n) is 4.14. The van der Waals surface area contributed by atoms with Gasteiger partial charge in [0.2, 0.25) is 0 Å². The average molecular weight is 258 g/mol. The van der Waals surface area contributed by atoms with Gasteiger partial charge in [-0.15, -0.1) is 0 Å².